The summed E-state index contributed by atoms with van der Waals surface area (Å²) in [5, 5.41) is 0. The second-order valence-electron chi connectivity index (χ2n) is 23.2. The lowest BCUT2D eigenvalue weighted by Crippen LogP contribution is -2.03. The second-order valence-corrected chi connectivity index (χ2v) is 23.2. The third-order valence-electron chi connectivity index (χ3n) is 16.2. The molecule has 0 aliphatic heterocycles. The summed E-state index contributed by atoms with van der Waals surface area (Å²) in [6.07, 6.45) is 53.2. The van der Waals surface area contributed by atoms with Crippen molar-refractivity contribution in [1.29, 1.82) is 0 Å². The van der Waals surface area contributed by atoms with E-state index in [-0.39, 0.29) is 5.92 Å². The van der Waals surface area contributed by atoms with Crippen molar-refractivity contribution in [2.24, 2.45) is 0 Å². The van der Waals surface area contributed by atoms with Crippen LogP contribution in [0.3, 0.4) is 0 Å². The van der Waals surface area contributed by atoms with Gasteiger partial charge in [0.1, 0.15) is 17.2 Å². The summed E-state index contributed by atoms with van der Waals surface area (Å²) in [6, 6.07) is 52.8. The minimum Gasteiger partial charge on any atom is -0.494 e. The van der Waals surface area contributed by atoms with Crippen molar-refractivity contribution in [1.82, 2.24) is 0 Å². The molecule has 0 saturated heterocycles. The van der Waals surface area contributed by atoms with E-state index in [0.29, 0.717) is 0 Å². The zero-order valence-electron chi connectivity index (χ0n) is 51.5. The average molecular weight is 1100 g/mol. The molecule has 0 saturated carbocycles. The predicted octanol–water partition coefficient (Wildman–Crippen LogP) is 24.3. The van der Waals surface area contributed by atoms with Crippen LogP contribution in [0.2, 0.25) is 0 Å². The van der Waals surface area contributed by atoms with Gasteiger partial charge in [-0.2, -0.15) is 0 Å². The van der Waals surface area contributed by atoms with Gasteiger partial charge in [-0.05, 0) is 106 Å². The Hall–Kier alpha value is -6.06. The first kappa shape index (κ1) is 65.1. The van der Waals surface area contributed by atoms with Gasteiger partial charge in [0.2, 0.25) is 0 Å². The van der Waals surface area contributed by atoms with Crippen LogP contribution in [0, 0.1) is 0 Å². The van der Waals surface area contributed by atoms with Crippen LogP contribution >= 0.6 is 0 Å². The van der Waals surface area contributed by atoms with E-state index in [1.807, 2.05) is 0 Å². The first-order chi connectivity index (χ1) is 40.6. The Morgan fingerprint density at radius 1 is 0.220 bits per heavy atom. The van der Waals surface area contributed by atoms with Gasteiger partial charge in [0.15, 0.2) is 0 Å². The van der Waals surface area contributed by atoms with Crippen molar-refractivity contribution in [3.05, 3.63) is 196 Å². The molecule has 0 fully saturated rings. The quantitative estimate of drug-likeness (QED) is 0.0217. The van der Waals surface area contributed by atoms with Crippen molar-refractivity contribution in [3.63, 3.8) is 0 Å². The minimum atomic E-state index is 0.0719. The maximum Gasteiger partial charge on any atom is 0.119 e. The van der Waals surface area contributed by atoms with Crippen molar-refractivity contribution in [2.75, 3.05) is 19.8 Å². The smallest absolute Gasteiger partial charge is 0.119 e. The highest BCUT2D eigenvalue weighted by molar-refractivity contribution is 5.72. The molecule has 0 bridgehead atoms. The highest BCUT2D eigenvalue weighted by Gasteiger charge is 2.17. The molecular weight excluding hydrogens is 997 g/mol. The molecular formula is C79H106O3. The van der Waals surface area contributed by atoms with Crippen LogP contribution in [-0.2, 0) is 0 Å². The third kappa shape index (κ3) is 27.3. The molecule has 0 N–H and O–H groups in total. The molecule has 0 atom stereocenters. The Morgan fingerprint density at radius 2 is 0.390 bits per heavy atom. The molecule has 3 nitrogen and oxygen atoms in total. The number of benzene rings is 6. The van der Waals surface area contributed by atoms with Crippen LogP contribution in [0.15, 0.2) is 146 Å². The van der Waals surface area contributed by atoms with Gasteiger partial charge >= 0.3 is 0 Å². The summed E-state index contributed by atoms with van der Waals surface area (Å²) < 4.78 is 18.3. The summed E-state index contributed by atoms with van der Waals surface area (Å²) in [7, 11) is 0. The number of ether oxygens (including phenoxy) is 3. The summed E-state index contributed by atoms with van der Waals surface area (Å²) in [5.74, 6) is 2.92. The first-order valence-electron chi connectivity index (χ1n) is 33.1. The fourth-order valence-electron chi connectivity index (χ4n) is 10.9. The highest BCUT2D eigenvalue weighted by Crippen LogP contribution is 2.34. The lowest BCUT2D eigenvalue weighted by atomic mass is 9.84. The third-order valence-corrected chi connectivity index (χ3v) is 16.2. The zero-order valence-corrected chi connectivity index (χ0v) is 51.5. The molecule has 0 heterocycles. The summed E-state index contributed by atoms with van der Waals surface area (Å²) in [4.78, 5) is 0. The van der Waals surface area contributed by atoms with E-state index >= 15 is 0 Å². The Morgan fingerprint density at radius 3 is 0.585 bits per heavy atom. The van der Waals surface area contributed by atoms with Gasteiger partial charge in [-0.25, -0.2) is 0 Å². The lowest BCUT2D eigenvalue weighted by molar-refractivity contribution is 0.304. The van der Waals surface area contributed by atoms with E-state index in [1.54, 1.807) is 0 Å². The standard InChI is InChI=1S/C79H106O3/c1-4-7-10-13-16-19-22-25-28-31-64-80-76-58-46-70(47-59-76)37-34-67-40-52-73(53-41-67)79(74-54-42-68(43-55-74)35-38-71-48-60-77(61-49-71)81-65-32-29-26-23-20-17-14-11-8-5-2)75-56-44-69(45-57-75)36-39-72-50-62-78(63-51-72)82-66-33-30-27-24-21-18-15-12-9-6-3/h34-63,79H,4-33,64-66H2,1-3H3/b37-34+,38-35+,39-36+. The monoisotopic (exact) mass is 1100 g/mol. The normalized spacial score (nSPS) is 11.7. The Balaban J connectivity index is 1.02. The van der Waals surface area contributed by atoms with E-state index in [9.17, 15) is 0 Å². The summed E-state index contributed by atoms with van der Waals surface area (Å²) in [6.45, 7) is 9.23. The van der Waals surface area contributed by atoms with Gasteiger partial charge in [0, 0.05) is 5.92 Å². The van der Waals surface area contributed by atoms with Crippen molar-refractivity contribution < 1.29 is 14.2 Å². The number of hydrogen-bond acceptors (Lipinski definition) is 3. The van der Waals surface area contributed by atoms with Crippen LogP contribution in [0.5, 0.6) is 17.2 Å². The van der Waals surface area contributed by atoms with Crippen molar-refractivity contribution in [3.8, 4) is 17.2 Å². The fourth-order valence-corrected chi connectivity index (χ4v) is 10.9. The largest absolute Gasteiger partial charge is 0.494 e. The van der Waals surface area contributed by atoms with Crippen LogP contribution in [-0.4, -0.2) is 19.8 Å². The van der Waals surface area contributed by atoms with Crippen molar-refractivity contribution in [2.45, 2.75) is 219 Å². The van der Waals surface area contributed by atoms with Gasteiger partial charge in [0.05, 0.1) is 19.8 Å². The maximum absolute atomic E-state index is 6.11. The van der Waals surface area contributed by atoms with Crippen LogP contribution < -0.4 is 14.2 Å². The maximum atomic E-state index is 6.11. The van der Waals surface area contributed by atoms with E-state index in [2.05, 4.69) is 203 Å². The predicted molar refractivity (Wildman–Crippen MR) is 358 cm³/mol. The van der Waals surface area contributed by atoms with E-state index < -0.39 is 0 Å². The SMILES string of the molecule is CCCCCCCCCCCCOc1ccc(/C=C/c2ccc(C(c3ccc(/C=C/c4ccc(OCCCCCCCCCCCC)cc4)cc3)c3ccc(/C=C/c4ccc(OCCCCCCCCCCCC)cc4)cc3)cc2)cc1. The number of rotatable bonds is 45. The molecule has 0 aromatic heterocycles. The van der Waals surface area contributed by atoms with Gasteiger partial charge in [0.25, 0.3) is 0 Å². The van der Waals surface area contributed by atoms with Gasteiger partial charge in [-0.3, -0.25) is 0 Å². The molecule has 6 aromatic carbocycles. The molecule has 82 heavy (non-hydrogen) atoms. The molecule has 0 radical (unpaired) electrons. The average Bonchev–Trinajstić information content (AvgIpc) is 3.67. The zero-order chi connectivity index (χ0) is 57.2. The molecule has 440 valence electrons. The first-order valence-corrected chi connectivity index (χ1v) is 33.1. The molecule has 0 aliphatic carbocycles. The summed E-state index contributed by atoms with van der Waals surface area (Å²) >= 11 is 0. The van der Waals surface area contributed by atoms with E-state index in [4.69, 9.17) is 14.2 Å². The summed E-state index contributed by atoms with van der Waals surface area (Å²) in [5.41, 5.74) is 10.8. The Kier molecular flexibility index (Phi) is 33.2. The second kappa shape index (κ2) is 41.9. The lowest BCUT2D eigenvalue weighted by Gasteiger charge is -2.20. The molecule has 0 unspecified atom stereocenters. The van der Waals surface area contributed by atoms with Crippen LogP contribution in [0.1, 0.15) is 269 Å². The minimum absolute atomic E-state index is 0.0719. The van der Waals surface area contributed by atoms with Crippen LogP contribution in [0.4, 0.5) is 0 Å². The molecule has 0 amide bonds. The fraction of sp³-hybridized carbons (Fsp3) is 0.468. The molecule has 3 heteroatoms. The van der Waals surface area contributed by atoms with Gasteiger partial charge in [-0.1, -0.05) is 340 Å². The van der Waals surface area contributed by atoms with E-state index in [1.165, 1.54) is 223 Å². The van der Waals surface area contributed by atoms with Crippen molar-refractivity contribution >= 4 is 36.5 Å². The Bertz CT molecular complexity index is 2290. The number of hydrogen-bond donors (Lipinski definition) is 0. The molecule has 6 rings (SSSR count). The van der Waals surface area contributed by atoms with Crippen LogP contribution in [0.25, 0.3) is 36.5 Å². The highest BCUT2D eigenvalue weighted by atomic mass is 16.5. The van der Waals surface area contributed by atoms with E-state index in [0.717, 1.165) is 56.3 Å². The molecule has 6 aromatic rings. The number of unbranched alkanes of at least 4 members (excludes halogenated alkanes) is 27. The van der Waals surface area contributed by atoms with Gasteiger partial charge in [-0.15, -0.1) is 0 Å². The Labute approximate surface area is 500 Å². The molecule has 0 spiro atoms. The molecule has 0 aliphatic rings. The van der Waals surface area contributed by atoms with Gasteiger partial charge < -0.3 is 14.2 Å². The topological polar surface area (TPSA) is 27.7 Å².